The molecule has 1 aliphatic rings. The zero-order valence-corrected chi connectivity index (χ0v) is 10.00. The van der Waals surface area contributed by atoms with E-state index < -0.39 is 0 Å². The van der Waals surface area contributed by atoms with Crippen LogP contribution in [0, 0.1) is 5.92 Å². The van der Waals surface area contributed by atoms with Gasteiger partial charge in [0.2, 0.25) is 5.16 Å². The Kier molecular flexibility index (Phi) is 3.58. The van der Waals surface area contributed by atoms with E-state index in [0.717, 1.165) is 17.5 Å². The van der Waals surface area contributed by atoms with Crippen molar-refractivity contribution in [2.45, 2.75) is 31.0 Å². The number of hydrogen-bond donors (Lipinski definition) is 1. The molecule has 1 aromatic heterocycles. The summed E-state index contributed by atoms with van der Waals surface area (Å²) in [5.74, 6) is 1.71. The molecule has 5 nitrogen and oxygen atoms in total. The Morgan fingerprint density at radius 2 is 2.40 bits per heavy atom. The third-order valence-electron chi connectivity index (χ3n) is 2.40. The van der Waals surface area contributed by atoms with Crippen LogP contribution in [0.4, 0.5) is 0 Å². The fraction of sp³-hybridized carbons (Fsp3) is 0.889. The number of aromatic nitrogens is 4. The number of nitrogens with zero attached hydrogens (tertiary/aromatic N) is 4. The number of nitrogens with one attached hydrogen (secondary N) is 1. The molecule has 0 radical (unpaired) electrons. The molecule has 0 bridgehead atoms. The van der Waals surface area contributed by atoms with Crippen molar-refractivity contribution in [2.75, 3.05) is 19.3 Å². The topological polar surface area (TPSA) is 55.6 Å². The molecule has 1 N–H and O–H groups in total. The zero-order chi connectivity index (χ0) is 10.7. The molecule has 1 unspecified atom stereocenters. The fourth-order valence-electron chi connectivity index (χ4n) is 1.45. The minimum Gasteiger partial charge on any atom is -0.319 e. The molecule has 84 valence electrons. The first-order valence-electron chi connectivity index (χ1n) is 5.36. The second-order valence-corrected chi connectivity index (χ2v) is 5.10. The highest BCUT2D eigenvalue weighted by Gasteiger charge is 2.27. The summed E-state index contributed by atoms with van der Waals surface area (Å²) in [6.45, 7) is 3.27. The molecule has 0 aliphatic heterocycles. The van der Waals surface area contributed by atoms with Crippen molar-refractivity contribution in [2.24, 2.45) is 5.92 Å². The minimum absolute atomic E-state index is 0.571. The largest absolute Gasteiger partial charge is 0.319 e. The van der Waals surface area contributed by atoms with Gasteiger partial charge in [0, 0.05) is 5.75 Å². The first kappa shape index (κ1) is 10.9. The maximum atomic E-state index is 4.05. The predicted octanol–water partition coefficient (Wildman–Crippen LogP) is 0.956. The Hall–Kier alpha value is -0.620. The van der Waals surface area contributed by atoms with E-state index in [-0.39, 0.29) is 0 Å². The van der Waals surface area contributed by atoms with Gasteiger partial charge in [0.05, 0.1) is 6.04 Å². The summed E-state index contributed by atoms with van der Waals surface area (Å²) in [6.07, 6.45) is 2.45. The molecule has 0 saturated heterocycles. The van der Waals surface area contributed by atoms with Crippen molar-refractivity contribution >= 4 is 11.8 Å². The quantitative estimate of drug-likeness (QED) is 0.733. The summed E-state index contributed by atoms with van der Waals surface area (Å²) in [6, 6.07) is 0.571. The van der Waals surface area contributed by atoms with Crippen molar-refractivity contribution in [3.05, 3.63) is 0 Å². The summed E-state index contributed by atoms with van der Waals surface area (Å²) in [7, 11) is 1.98. The number of rotatable bonds is 6. The van der Waals surface area contributed by atoms with E-state index in [2.05, 4.69) is 27.8 Å². The Bertz CT molecular complexity index is 309. The lowest BCUT2D eigenvalue weighted by Crippen LogP contribution is -2.18. The van der Waals surface area contributed by atoms with Crippen molar-refractivity contribution in [3.63, 3.8) is 0 Å². The van der Waals surface area contributed by atoms with E-state index in [1.54, 1.807) is 11.8 Å². The lowest BCUT2D eigenvalue weighted by atomic mass is 10.2. The molecular weight excluding hydrogens is 210 g/mol. The molecule has 0 aromatic carbocycles. The Morgan fingerprint density at radius 1 is 1.60 bits per heavy atom. The van der Waals surface area contributed by atoms with E-state index in [1.807, 2.05) is 11.7 Å². The normalized spacial score (nSPS) is 18.0. The monoisotopic (exact) mass is 227 g/mol. The standard InChI is InChI=1S/C9H17N5S/c1-7(5-10-2)6-15-9-11-12-13-14(9)8-3-4-8/h7-8,10H,3-6H2,1-2H3. The van der Waals surface area contributed by atoms with Gasteiger partial charge in [-0.05, 0) is 42.8 Å². The molecule has 0 spiro atoms. The van der Waals surface area contributed by atoms with Crippen molar-refractivity contribution < 1.29 is 0 Å². The summed E-state index contributed by atoms with van der Waals surface area (Å²) < 4.78 is 1.97. The lowest BCUT2D eigenvalue weighted by Gasteiger charge is -2.09. The smallest absolute Gasteiger partial charge is 0.209 e. The maximum Gasteiger partial charge on any atom is 0.209 e. The van der Waals surface area contributed by atoms with Gasteiger partial charge in [0.1, 0.15) is 0 Å². The van der Waals surface area contributed by atoms with Gasteiger partial charge in [0.15, 0.2) is 0 Å². The van der Waals surface area contributed by atoms with Crippen molar-refractivity contribution in [1.29, 1.82) is 0 Å². The van der Waals surface area contributed by atoms with Gasteiger partial charge in [0.25, 0.3) is 0 Å². The Balaban J connectivity index is 1.84. The molecule has 1 heterocycles. The van der Waals surface area contributed by atoms with E-state index in [0.29, 0.717) is 12.0 Å². The molecule has 6 heteroatoms. The van der Waals surface area contributed by atoms with Crippen LogP contribution in [-0.2, 0) is 0 Å². The summed E-state index contributed by atoms with van der Waals surface area (Å²) in [5, 5.41) is 16.0. The van der Waals surface area contributed by atoms with Crippen LogP contribution in [0.25, 0.3) is 0 Å². The molecule has 1 aromatic rings. The van der Waals surface area contributed by atoms with E-state index in [9.17, 15) is 0 Å². The average molecular weight is 227 g/mol. The fourth-order valence-corrected chi connectivity index (χ4v) is 2.42. The van der Waals surface area contributed by atoms with Crippen LogP contribution in [0.5, 0.6) is 0 Å². The molecule has 1 aliphatic carbocycles. The molecule has 15 heavy (non-hydrogen) atoms. The minimum atomic E-state index is 0.571. The van der Waals surface area contributed by atoms with Crippen LogP contribution in [0.1, 0.15) is 25.8 Å². The average Bonchev–Trinajstić information content (AvgIpc) is 2.96. The molecule has 1 saturated carbocycles. The van der Waals surface area contributed by atoms with Crippen LogP contribution in [0.15, 0.2) is 5.16 Å². The predicted molar refractivity (Wildman–Crippen MR) is 59.9 cm³/mol. The van der Waals surface area contributed by atoms with Gasteiger partial charge in [-0.2, -0.15) is 0 Å². The molecule has 2 rings (SSSR count). The van der Waals surface area contributed by atoms with Gasteiger partial charge >= 0.3 is 0 Å². The molecule has 1 fully saturated rings. The van der Waals surface area contributed by atoms with Gasteiger partial charge in [-0.3, -0.25) is 0 Å². The SMILES string of the molecule is CNCC(C)CSc1nnnn1C1CC1. The molecule has 0 amide bonds. The second-order valence-electron chi connectivity index (χ2n) is 4.11. The van der Waals surface area contributed by atoms with Gasteiger partial charge in [-0.1, -0.05) is 18.7 Å². The van der Waals surface area contributed by atoms with Crippen LogP contribution >= 0.6 is 11.8 Å². The third-order valence-corrected chi connectivity index (χ3v) is 3.67. The third kappa shape index (κ3) is 2.92. The first-order valence-corrected chi connectivity index (χ1v) is 6.35. The van der Waals surface area contributed by atoms with Crippen LogP contribution < -0.4 is 5.32 Å². The Labute approximate surface area is 94.0 Å². The summed E-state index contributed by atoms with van der Waals surface area (Å²) in [5.41, 5.74) is 0. The second kappa shape index (κ2) is 4.94. The Morgan fingerprint density at radius 3 is 3.07 bits per heavy atom. The van der Waals surface area contributed by atoms with Crippen molar-refractivity contribution in [3.8, 4) is 0 Å². The highest BCUT2D eigenvalue weighted by Crippen LogP contribution is 2.36. The molecule has 1 atom stereocenters. The number of hydrogen-bond acceptors (Lipinski definition) is 5. The van der Waals surface area contributed by atoms with Crippen LogP contribution in [-0.4, -0.2) is 39.6 Å². The van der Waals surface area contributed by atoms with E-state index >= 15 is 0 Å². The highest BCUT2D eigenvalue weighted by atomic mass is 32.2. The van der Waals surface area contributed by atoms with Gasteiger partial charge < -0.3 is 5.32 Å². The number of thioether (sulfide) groups is 1. The zero-order valence-electron chi connectivity index (χ0n) is 9.18. The van der Waals surface area contributed by atoms with Crippen LogP contribution in [0.2, 0.25) is 0 Å². The summed E-state index contributed by atoms with van der Waals surface area (Å²) in [4.78, 5) is 0. The first-order chi connectivity index (χ1) is 7.31. The number of tetrazole rings is 1. The van der Waals surface area contributed by atoms with E-state index in [4.69, 9.17) is 0 Å². The lowest BCUT2D eigenvalue weighted by molar-refractivity contribution is 0.562. The molecular formula is C9H17N5S. The summed E-state index contributed by atoms with van der Waals surface area (Å²) >= 11 is 1.76. The van der Waals surface area contributed by atoms with Gasteiger partial charge in [-0.15, -0.1) is 5.10 Å². The maximum absolute atomic E-state index is 4.05. The van der Waals surface area contributed by atoms with Gasteiger partial charge in [-0.25, -0.2) is 4.68 Å². The van der Waals surface area contributed by atoms with Crippen LogP contribution in [0.3, 0.4) is 0 Å². The highest BCUT2D eigenvalue weighted by molar-refractivity contribution is 7.99. The van der Waals surface area contributed by atoms with Crippen molar-refractivity contribution in [1.82, 2.24) is 25.5 Å². The van der Waals surface area contributed by atoms with E-state index in [1.165, 1.54) is 12.8 Å².